The Morgan fingerprint density at radius 1 is 1.46 bits per heavy atom. The molecule has 0 saturated heterocycles. The molecule has 0 bridgehead atoms. The third kappa shape index (κ3) is 2.05. The Morgan fingerprint density at radius 3 is 3.00 bits per heavy atom. The van der Waals surface area contributed by atoms with Crippen molar-refractivity contribution in [2.45, 2.75) is 11.8 Å². The van der Waals surface area contributed by atoms with Gasteiger partial charge in [-0.3, -0.25) is 0 Å². The molecule has 1 heterocycles. The van der Waals surface area contributed by atoms with E-state index in [0.717, 1.165) is 26.3 Å². The van der Waals surface area contributed by atoms with Crippen molar-refractivity contribution in [2.75, 3.05) is 6.61 Å². The summed E-state index contributed by atoms with van der Waals surface area (Å²) in [4.78, 5) is 0. The maximum atomic E-state index is 5.99. The highest BCUT2D eigenvalue weighted by molar-refractivity contribution is 14.1. The summed E-state index contributed by atoms with van der Waals surface area (Å²) in [5.74, 6) is 0.922. The van der Waals surface area contributed by atoms with E-state index in [1.807, 2.05) is 12.1 Å². The molecular weight excluding hydrogens is 322 g/mol. The van der Waals surface area contributed by atoms with Crippen LogP contribution in [0.4, 0.5) is 0 Å². The predicted octanol–water partition coefficient (Wildman–Crippen LogP) is 3.49. The number of benzene rings is 1. The first-order valence-electron chi connectivity index (χ1n) is 3.91. The van der Waals surface area contributed by atoms with Gasteiger partial charge in [-0.2, -0.15) is 0 Å². The lowest BCUT2D eigenvalue weighted by atomic mass is 10.1. The van der Waals surface area contributed by atoms with Crippen molar-refractivity contribution in [3.63, 3.8) is 0 Å². The fraction of sp³-hybridized carbons (Fsp3) is 0.333. The highest BCUT2D eigenvalue weighted by Crippen LogP contribution is 2.32. The van der Waals surface area contributed by atoms with Crippen molar-refractivity contribution >= 4 is 45.8 Å². The zero-order chi connectivity index (χ0) is 9.42. The van der Waals surface area contributed by atoms with Gasteiger partial charge in [-0.25, -0.2) is 0 Å². The molecule has 0 radical (unpaired) electrons. The van der Waals surface area contributed by atoms with Crippen molar-refractivity contribution in [1.82, 2.24) is 0 Å². The molecule has 0 aromatic heterocycles. The lowest BCUT2D eigenvalue weighted by Crippen LogP contribution is -2.20. The molecule has 4 heteroatoms. The van der Waals surface area contributed by atoms with Crippen LogP contribution in [-0.4, -0.2) is 12.0 Å². The molecule has 0 fully saturated rings. The zero-order valence-electron chi connectivity index (χ0n) is 6.69. The van der Waals surface area contributed by atoms with Crippen molar-refractivity contribution in [3.05, 3.63) is 26.3 Å². The maximum Gasteiger partial charge on any atom is 0.123 e. The Morgan fingerprint density at radius 2 is 2.23 bits per heavy atom. The molecule has 1 aromatic rings. The number of ether oxygens (including phenoxy) is 1. The van der Waals surface area contributed by atoms with E-state index < -0.39 is 0 Å². The van der Waals surface area contributed by atoms with Gasteiger partial charge in [-0.15, -0.1) is 11.6 Å². The zero-order valence-corrected chi connectivity index (χ0v) is 10.4. The second kappa shape index (κ2) is 3.83. The van der Waals surface area contributed by atoms with Gasteiger partial charge in [0.05, 0.1) is 10.4 Å². The van der Waals surface area contributed by atoms with Gasteiger partial charge in [-0.05, 0) is 46.7 Å². The summed E-state index contributed by atoms with van der Waals surface area (Å²) >= 11 is 14.1. The first-order valence-corrected chi connectivity index (χ1v) is 5.81. The second-order valence-corrected chi connectivity index (χ2v) is 5.17. The van der Waals surface area contributed by atoms with Crippen molar-refractivity contribution in [3.8, 4) is 5.75 Å². The van der Waals surface area contributed by atoms with Crippen LogP contribution >= 0.6 is 45.8 Å². The van der Waals surface area contributed by atoms with Gasteiger partial charge in [0.25, 0.3) is 0 Å². The standard InChI is InChI=1S/C9H7Cl2IO/c10-6-1-5-2-7(11)8(12)3-9(5)13-4-6/h2-3,6H,1,4H2. The lowest BCUT2D eigenvalue weighted by Gasteiger charge is -2.21. The Labute approximate surface area is 101 Å². The Balaban J connectivity index is 2.43. The molecule has 1 nitrogen and oxygen atoms in total. The Bertz CT molecular complexity index is 341. The highest BCUT2D eigenvalue weighted by atomic mass is 127. The quantitative estimate of drug-likeness (QED) is 0.523. The van der Waals surface area contributed by atoms with E-state index in [1.54, 1.807) is 0 Å². The van der Waals surface area contributed by atoms with Crippen molar-refractivity contribution < 1.29 is 4.74 Å². The first-order chi connectivity index (χ1) is 6.16. The van der Waals surface area contributed by atoms with E-state index in [-0.39, 0.29) is 5.38 Å². The molecule has 0 aliphatic carbocycles. The van der Waals surface area contributed by atoms with Gasteiger partial charge in [-0.1, -0.05) is 11.6 Å². The molecule has 0 N–H and O–H groups in total. The first kappa shape index (κ1) is 9.87. The maximum absolute atomic E-state index is 5.99. The predicted molar refractivity (Wildman–Crippen MR) is 63.0 cm³/mol. The molecule has 0 spiro atoms. The number of hydrogen-bond donors (Lipinski definition) is 0. The number of fused-ring (bicyclic) bond motifs is 1. The molecule has 1 atom stereocenters. The monoisotopic (exact) mass is 328 g/mol. The molecule has 0 saturated carbocycles. The van der Waals surface area contributed by atoms with Crippen LogP contribution in [0.25, 0.3) is 0 Å². The number of hydrogen-bond acceptors (Lipinski definition) is 1. The average Bonchev–Trinajstić information content (AvgIpc) is 2.08. The third-order valence-electron chi connectivity index (χ3n) is 1.96. The molecule has 2 rings (SSSR count). The lowest BCUT2D eigenvalue weighted by molar-refractivity contribution is 0.292. The van der Waals surface area contributed by atoms with Crippen LogP contribution in [0, 0.1) is 3.57 Å². The minimum absolute atomic E-state index is 0.0728. The van der Waals surface area contributed by atoms with Crippen molar-refractivity contribution in [1.29, 1.82) is 0 Å². The fourth-order valence-electron chi connectivity index (χ4n) is 1.34. The van der Waals surface area contributed by atoms with Crippen molar-refractivity contribution in [2.24, 2.45) is 0 Å². The largest absolute Gasteiger partial charge is 0.492 e. The minimum Gasteiger partial charge on any atom is -0.492 e. The molecule has 70 valence electrons. The third-order valence-corrected chi connectivity index (χ3v) is 3.77. The summed E-state index contributed by atoms with van der Waals surface area (Å²) in [6.45, 7) is 0.590. The SMILES string of the molecule is Clc1cc2c(cc1I)OCC(Cl)C2. The summed E-state index contributed by atoms with van der Waals surface area (Å²) in [6.07, 6.45) is 0.841. The highest BCUT2D eigenvalue weighted by Gasteiger charge is 2.18. The topological polar surface area (TPSA) is 9.23 Å². The van der Waals surface area contributed by atoms with Crippen LogP contribution in [0.1, 0.15) is 5.56 Å². The van der Waals surface area contributed by atoms with E-state index in [4.69, 9.17) is 27.9 Å². The summed E-state index contributed by atoms with van der Waals surface area (Å²) in [6, 6.07) is 3.90. The van der Waals surface area contributed by atoms with Gasteiger partial charge in [0.1, 0.15) is 12.4 Å². The van der Waals surface area contributed by atoms with Gasteiger partial charge in [0.2, 0.25) is 0 Å². The second-order valence-electron chi connectivity index (χ2n) is 2.99. The van der Waals surface area contributed by atoms with E-state index in [2.05, 4.69) is 22.6 Å². The summed E-state index contributed by atoms with van der Waals surface area (Å²) in [5.41, 5.74) is 1.11. The molecule has 13 heavy (non-hydrogen) atoms. The average molecular weight is 329 g/mol. The number of rotatable bonds is 0. The molecule has 1 aliphatic heterocycles. The number of halogens is 3. The van der Waals surface area contributed by atoms with Crippen LogP contribution in [-0.2, 0) is 6.42 Å². The van der Waals surface area contributed by atoms with Gasteiger partial charge in [0, 0.05) is 3.57 Å². The van der Waals surface area contributed by atoms with Crippen LogP contribution in [0.5, 0.6) is 5.75 Å². The minimum atomic E-state index is 0.0728. The Kier molecular flexibility index (Phi) is 2.91. The number of alkyl halides is 1. The van der Waals surface area contributed by atoms with Gasteiger partial charge >= 0.3 is 0 Å². The molecular formula is C9H7Cl2IO. The van der Waals surface area contributed by atoms with E-state index in [1.165, 1.54) is 0 Å². The van der Waals surface area contributed by atoms with Gasteiger partial charge in [0.15, 0.2) is 0 Å². The molecule has 0 amide bonds. The van der Waals surface area contributed by atoms with Gasteiger partial charge < -0.3 is 4.74 Å². The van der Waals surface area contributed by atoms with Crippen LogP contribution < -0.4 is 4.74 Å². The molecule has 1 aliphatic rings. The fourth-order valence-corrected chi connectivity index (χ4v) is 2.20. The summed E-state index contributed by atoms with van der Waals surface area (Å²) < 4.78 is 6.50. The van der Waals surface area contributed by atoms with E-state index in [9.17, 15) is 0 Å². The smallest absolute Gasteiger partial charge is 0.123 e. The molecule has 1 aromatic carbocycles. The Hall–Kier alpha value is 0.330. The van der Waals surface area contributed by atoms with Crippen LogP contribution in [0.15, 0.2) is 12.1 Å². The van der Waals surface area contributed by atoms with E-state index in [0.29, 0.717) is 6.61 Å². The van der Waals surface area contributed by atoms with E-state index >= 15 is 0 Å². The van der Waals surface area contributed by atoms with Crippen LogP contribution in [0.2, 0.25) is 5.02 Å². The normalized spacial score (nSPS) is 20.7. The molecule has 1 unspecified atom stereocenters. The summed E-state index contributed by atoms with van der Waals surface area (Å²) in [7, 11) is 0. The van der Waals surface area contributed by atoms with Crippen LogP contribution in [0.3, 0.4) is 0 Å². The summed E-state index contributed by atoms with van der Waals surface area (Å²) in [5, 5.41) is 0.845.